The van der Waals surface area contributed by atoms with Gasteiger partial charge in [-0.25, -0.2) is 0 Å². The molecule has 0 aromatic carbocycles. The molecule has 0 spiro atoms. The third kappa shape index (κ3) is 2.44. The Hall–Kier alpha value is -0.870. The molecule has 1 saturated heterocycles. The van der Waals surface area contributed by atoms with Gasteiger partial charge in [0.25, 0.3) is 0 Å². The van der Waals surface area contributed by atoms with E-state index < -0.39 is 0 Å². The zero-order valence-corrected chi connectivity index (χ0v) is 10.5. The highest BCUT2D eigenvalue weighted by molar-refractivity contribution is 5.01. The second-order valence-corrected chi connectivity index (χ2v) is 5.32. The molecular weight excluding hydrogens is 200 g/mol. The van der Waals surface area contributed by atoms with Crippen LogP contribution in [0.3, 0.4) is 0 Å². The Morgan fingerprint density at radius 3 is 3.00 bits per heavy atom. The fourth-order valence-corrected chi connectivity index (χ4v) is 2.31. The van der Waals surface area contributed by atoms with Crippen LogP contribution < -0.4 is 10.6 Å². The lowest BCUT2D eigenvalue weighted by Gasteiger charge is -2.26. The summed E-state index contributed by atoms with van der Waals surface area (Å²) in [5.41, 5.74) is 1.66. The van der Waals surface area contributed by atoms with Gasteiger partial charge in [-0.15, -0.1) is 0 Å². The number of nitrogens with zero attached hydrogens (tertiary/aromatic N) is 2. The van der Waals surface area contributed by atoms with Crippen molar-refractivity contribution < 1.29 is 0 Å². The molecule has 2 heterocycles. The van der Waals surface area contributed by atoms with E-state index in [0.29, 0.717) is 11.5 Å². The fourth-order valence-electron chi connectivity index (χ4n) is 2.31. The normalized spacial score (nSPS) is 23.8. The molecule has 1 atom stereocenters. The summed E-state index contributed by atoms with van der Waals surface area (Å²) >= 11 is 0. The molecule has 0 bridgehead atoms. The van der Waals surface area contributed by atoms with Gasteiger partial charge < -0.3 is 10.6 Å². The van der Waals surface area contributed by atoms with Crippen molar-refractivity contribution in [2.45, 2.75) is 26.3 Å². The average molecular weight is 222 g/mol. The number of hydrogen-bond donors (Lipinski definition) is 2. The molecule has 2 N–H and O–H groups in total. The zero-order valence-electron chi connectivity index (χ0n) is 10.5. The molecule has 0 amide bonds. The molecule has 0 radical (unpaired) electrons. The Labute approximate surface area is 97.4 Å². The molecule has 1 aliphatic heterocycles. The minimum absolute atomic E-state index is 0.368. The maximum atomic E-state index is 4.17. The minimum atomic E-state index is 0.368. The Kier molecular flexibility index (Phi) is 3.30. The van der Waals surface area contributed by atoms with Crippen LogP contribution in [0.15, 0.2) is 12.3 Å². The van der Waals surface area contributed by atoms with Crippen molar-refractivity contribution in [3.05, 3.63) is 18.0 Å². The van der Waals surface area contributed by atoms with Crippen LogP contribution in [0.2, 0.25) is 0 Å². The van der Waals surface area contributed by atoms with Gasteiger partial charge in [-0.3, -0.25) is 4.68 Å². The lowest BCUT2D eigenvalue weighted by Crippen LogP contribution is -2.41. The van der Waals surface area contributed by atoms with Gasteiger partial charge in [0, 0.05) is 51.0 Å². The molecular formula is C12H22N4. The Balaban J connectivity index is 1.78. The number of rotatable bonds is 4. The van der Waals surface area contributed by atoms with Crippen molar-refractivity contribution >= 4 is 0 Å². The minimum Gasteiger partial charge on any atom is -0.315 e. The summed E-state index contributed by atoms with van der Waals surface area (Å²) in [6.45, 7) is 7.84. The van der Waals surface area contributed by atoms with E-state index in [9.17, 15) is 0 Å². The van der Waals surface area contributed by atoms with Crippen LogP contribution >= 0.6 is 0 Å². The molecule has 1 aromatic heterocycles. The second kappa shape index (κ2) is 4.55. The van der Waals surface area contributed by atoms with Gasteiger partial charge in [0.2, 0.25) is 0 Å². The molecule has 1 aromatic rings. The standard InChI is InChI=1S/C12H22N4/c1-12(2)9-13-8-11(12)14-6-4-10-5-7-15-16(10)3/h5,7,11,13-14H,4,6,8-9H2,1-3H3. The Bertz CT molecular complexity index is 343. The summed E-state index contributed by atoms with van der Waals surface area (Å²) in [6, 6.07) is 2.67. The maximum absolute atomic E-state index is 4.17. The highest BCUT2D eigenvalue weighted by atomic mass is 15.3. The van der Waals surface area contributed by atoms with Crippen LogP contribution in [-0.2, 0) is 13.5 Å². The van der Waals surface area contributed by atoms with Crippen LogP contribution in [0.4, 0.5) is 0 Å². The number of hydrogen-bond acceptors (Lipinski definition) is 3. The number of nitrogens with one attached hydrogen (secondary N) is 2. The van der Waals surface area contributed by atoms with Crippen LogP contribution in [0, 0.1) is 5.41 Å². The molecule has 1 unspecified atom stereocenters. The quantitative estimate of drug-likeness (QED) is 0.782. The monoisotopic (exact) mass is 222 g/mol. The topological polar surface area (TPSA) is 41.9 Å². The summed E-state index contributed by atoms with van der Waals surface area (Å²) in [4.78, 5) is 0. The molecule has 4 nitrogen and oxygen atoms in total. The second-order valence-electron chi connectivity index (χ2n) is 5.32. The van der Waals surface area contributed by atoms with Gasteiger partial charge in [-0.05, 0) is 11.5 Å². The highest BCUT2D eigenvalue weighted by Gasteiger charge is 2.33. The molecule has 16 heavy (non-hydrogen) atoms. The van der Waals surface area contributed by atoms with E-state index in [0.717, 1.165) is 26.1 Å². The Morgan fingerprint density at radius 1 is 1.62 bits per heavy atom. The van der Waals surface area contributed by atoms with Gasteiger partial charge >= 0.3 is 0 Å². The van der Waals surface area contributed by atoms with Crippen molar-refractivity contribution in [2.75, 3.05) is 19.6 Å². The lowest BCUT2D eigenvalue weighted by atomic mass is 9.88. The first-order chi connectivity index (χ1) is 7.59. The SMILES string of the molecule is Cn1nccc1CCNC1CNCC1(C)C. The first kappa shape index (κ1) is 11.6. The predicted octanol–water partition coefficient (Wildman–Crippen LogP) is 0.550. The van der Waals surface area contributed by atoms with Crippen molar-refractivity contribution in [2.24, 2.45) is 12.5 Å². The number of aryl methyl sites for hydroxylation is 1. The first-order valence-electron chi connectivity index (χ1n) is 6.00. The van der Waals surface area contributed by atoms with Crippen LogP contribution in [0.25, 0.3) is 0 Å². The van der Waals surface area contributed by atoms with Gasteiger partial charge in [0.1, 0.15) is 0 Å². The van der Waals surface area contributed by atoms with E-state index in [-0.39, 0.29) is 0 Å². The zero-order chi connectivity index (χ0) is 11.6. The molecule has 1 fully saturated rings. The molecule has 2 rings (SSSR count). The van der Waals surface area contributed by atoms with Gasteiger partial charge in [-0.1, -0.05) is 13.8 Å². The smallest absolute Gasteiger partial charge is 0.0492 e. The third-order valence-electron chi connectivity index (χ3n) is 3.57. The summed E-state index contributed by atoms with van der Waals surface area (Å²) in [7, 11) is 2.00. The van der Waals surface area contributed by atoms with Crippen LogP contribution in [0.1, 0.15) is 19.5 Å². The summed E-state index contributed by atoms with van der Waals surface area (Å²) in [5, 5.41) is 11.2. The maximum Gasteiger partial charge on any atom is 0.0492 e. The summed E-state index contributed by atoms with van der Waals surface area (Å²) in [6.07, 6.45) is 2.90. The van der Waals surface area contributed by atoms with E-state index >= 15 is 0 Å². The summed E-state index contributed by atoms with van der Waals surface area (Å²) < 4.78 is 1.94. The van der Waals surface area contributed by atoms with E-state index in [1.807, 2.05) is 17.9 Å². The van der Waals surface area contributed by atoms with E-state index in [1.165, 1.54) is 5.69 Å². The molecule has 0 aliphatic carbocycles. The summed E-state index contributed by atoms with van der Waals surface area (Å²) in [5.74, 6) is 0. The number of aromatic nitrogens is 2. The van der Waals surface area contributed by atoms with Crippen molar-refractivity contribution in [3.8, 4) is 0 Å². The van der Waals surface area contributed by atoms with E-state index in [4.69, 9.17) is 0 Å². The molecule has 0 saturated carbocycles. The van der Waals surface area contributed by atoms with Crippen LogP contribution in [-0.4, -0.2) is 35.5 Å². The fraction of sp³-hybridized carbons (Fsp3) is 0.750. The van der Waals surface area contributed by atoms with E-state index in [2.05, 4.69) is 35.6 Å². The largest absolute Gasteiger partial charge is 0.315 e. The van der Waals surface area contributed by atoms with Gasteiger partial charge in [0.15, 0.2) is 0 Å². The van der Waals surface area contributed by atoms with E-state index in [1.54, 1.807) is 0 Å². The van der Waals surface area contributed by atoms with Crippen LogP contribution in [0.5, 0.6) is 0 Å². The van der Waals surface area contributed by atoms with Crippen molar-refractivity contribution in [1.82, 2.24) is 20.4 Å². The predicted molar refractivity (Wildman–Crippen MR) is 65.4 cm³/mol. The van der Waals surface area contributed by atoms with Crippen molar-refractivity contribution in [3.63, 3.8) is 0 Å². The molecule has 1 aliphatic rings. The van der Waals surface area contributed by atoms with Gasteiger partial charge in [0.05, 0.1) is 0 Å². The molecule has 90 valence electrons. The highest BCUT2D eigenvalue weighted by Crippen LogP contribution is 2.23. The third-order valence-corrected chi connectivity index (χ3v) is 3.57. The Morgan fingerprint density at radius 2 is 2.44 bits per heavy atom. The lowest BCUT2D eigenvalue weighted by molar-refractivity contribution is 0.311. The average Bonchev–Trinajstić information content (AvgIpc) is 2.75. The van der Waals surface area contributed by atoms with Gasteiger partial charge in [-0.2, -0.15) is 5.10 Å². The first-order valence-corrected chi connectivity index (χ1v) is 6.00. The van der Waals surface area contributed by atoms with Crippen molar-refractivity contribution in [1.29, 1.82) is 0 Å². The molecule has 4 heteroatoms.